The highest BCUT2D eigenvalue weighted by atomic mass is 32.1. The van der Waals surface area contributed by atoms with Gasteiger partial charge in [-0.05, 0) is 47.5 Å². The molecule has 0 saturated heterocycles. The fraction of sp³-hybridized carbons (Fsp3) is 0. The third-order valence-corrected chi connectivity index (χ3v) is 10.7. The van der Waals surface area contributed by atoms with E-state index in [0.29, 0.717) is 0 Å². The van der Waals surface area contributed by atoms with Gasteiger partial charge in [0.2, 0.25) is 0 Å². The highest BCUT2D eigenvalue weighted by Crippen LogP contribution is 2.46. The lowest BCUT2D eigenvalue weighted by Crippen LogP contribution is -1.95. The second kappa shape index (κ2) is 10.7. The van der Waals surface area contributed by atoms with Crippen molar-refractivity contribution < 1.29 is 0 Å². The molecule has 0 atom stereocenters. The molecule has 10 rings (SSSR count). The summed E-state index contributed by atoms with van der Waals surface area (Å²) in [5.41, 5.74) is 10.0. The van der Waals surface area contributed by atoms with E-state index in [1.54, 1.807) is 0 Å². The Hall–Kier alpha value is -6.10. The smallest absolute Gasteiger partial charge is 0.161 e. The first-order chi connectivity index (χ1) is 23.8. The summed E-state index contributed by atoms with van der Waals surface area (Å²) < 4.78 is 4.91. The molecule has 0 amide bonds. The standard InChI is InChI=1S/C44H27N3S/c1-3-13-28(14-4-1)30-17-11-18-31(27-30)47-38-24-10-8-20-35(38)40-39(47)26-25-33-32-21-12-22-36(42(32)48-43(33)40)44-45-37-23-9-7-19-34(37)41(46-44)29-15-5-2-6-16-29/h1-27H. The van der Waals surface area contributed by atoms with Crippen LogP contribution in [-0.4, -0.2) is 14.5 Å². The maximum atomic E-state index is 5.24. The van der Waals surface area contributed by atoms with Gasteiger partial charge in [-0.15, -0.1) is 11.3 Å². The molecule has 0 bridgehead atoms. The van der Waals surface area contributed by atoms with Gasteiger partial charge in [0.25, 0.3) is 0 Å². The van der Waals surface area contributed by atoms with Crippen LogP contribution in [0.25, 0.3) is 92.3 Å². The lowest BCUT2D eigenvalue weighted by molar-refractivity contribution is 1.18. The quantitative estimate of drug-likeness (QED) is 0.194. The zero-order valence-electron chi connectivity index (χ0n) is 25.8. The van der Waals surface area contributed by atoms with E-state index >= 15 is 0 Å². The second-order valence-electron chi connectivity index (χ2n) is 12.2. The molecule has 7 aromatic carbocycles. The minimum absolute atomic E-state index is 0.751. The van der Waals surface area contributed by atoms with Gasteiger partial charge in [-0.25, -0.2) is 9.97 Å². The first kappa shape index (κ1) is 27.1. The molecular weight excluding hydrogens is 603 g/mol. The number of fused-ring (bicyclic) bond motifs is 8. The number of thiophene rings is 1. The van der Waals surface area contributed by atoms with E-state index in [2.05, 4.69) is 162 Å². The number of aromatic nitrogens is 3. The number of hydrogen-bond acceptors (Lipinski definition) is 3. The highest BCUT2D eigenvalue weighted by molar-refractivity contribution is 7.27. The molecular formula is C44H27N3S. The van der Waals surface area contributed by atoms with Crippen LogP contribution in [0.5, 0.6) is 0 Å². The Kier molecular flexibility index (Phi) is 6.05. The molecule has 0 aliphatic carbocycles. The SMILES string of the molecule is c1ccc(-c2cccc(-n3c4ccccc4c4c5sc6c(-c7nc(-c8ccccc8)c8ccccc8n7)cccc6c5ccc43)c2)cc1. The molecule has 3 heterocycles. The first-order valence-corrected chi connectivity index (χ1v) is 17.0. The normalized spacial score (nSPS) is 11.8. The Bertz CT molecular complexity index is 2830. The minimum atomic E-state index is 0.751. The monoisotopic (exact) mass is 629 g/mol. The molecule has 0 aliphatic heterocycles. The van der Waals surface area contributed by atoms with E-state index in [9.17, 15) is 0 Å². The van der Waals surface area contributed by atoms with E-state index < -0.39 is 0 Å². The largest absolute Gasteiger partial charge is 0.309 e. The summed E-state index contributed by atoms with van der Waals surface area (Å²) in [4.78, 5) is 10.4. The van der Waals surface area contributed by atoms with Crippen LogP contribution in [0.15, 0.2) is 164 Å². The van der Waals surface area contributed by atoms with Crippen LogP contribution >= 0.6 is 11.3 Å². The fourth-order valence-corrected chi connectivity index (χ4v) is 8.60. The Morgan fingerprint density at radius 3 is 1.96 bits per heavy atom. The van der Waals surface area contributed by atoms with Crippen LogP contribution in [0.2, 0.25) is 0 Å². The summed E-state index contributed by atoms with van der Waals surface area (Å²) in [5, 5.41) is 6.08. The molecule has 0 spiro atoms. The van der Waals surface area contributed by atoms with Crippen molar-refractivity contribution in [1.29, 1.82) is 0 Å². The van der Waals surface area contributed by atoms with Crippen molar-refractivity contribution in [2.24, 2.45) is 0 Å². The number of rotatable bonds is 4. The number of hydrogen-bond donors (Lipinski definition) is 0. The Labute approximate surface area is 281 Å². The van der Waals surface area contributed by atoms with Gasteiger partial charge in [-0.2, -0.15) is 0 Å². The van der Waals surface area contributed by atoms with Crippen LogP contribution in [-0.2, 0) is 0 Å². The predicted octanol–water partition coefficient (Wildman–Crippen LogP) is 12.1. The molecule has 0 radical (unpaired) electrons. The molecule has 0 fully saturated rings. The average Bonchev–Trinajstić information content (AvgIpc) is 3.71. The van der Waals surface area contributed by atoms with Gasteiger partial charge in [0.1, 0.15) is 0 Å². The Morgan fingerprint density at radius 1 is 0.438 bits per heavy atom. The summed E-state index contributed by atoms with van der Waals surface area (Å²) in [5.74, 6) is 0.751. The maximum Gasteiger partial charge on any atom is 0.161 e. The predicted molar refractivity (Wildman–Crippen MR) is 203 cm³/mol. The van der Waals surface area contributed by atoms with Crippen molar-refractivity contribution in [3.05, 3.63) is 164 Å². The van der Waals surface area contributed by atoms with E-state index in [1.807, 2.05) is 17.4 Å². The summed E-state index contributed by atoms with van der Waals surface area (Å²) >= 11 is 1.85. The van der Waals surface area contributed by atoms with Crippen molar-refractivity contribution in [2.45, 2.75) is 0 Å². The van der Waals surface area contributed by atoms with E-state index in [4.69, 9.17) is 9.97 Å². The molecule has 3 nitrogen and oxygen atoms in total. The fourth-order valence-electron chi connectivity index (χ4n) is 7.23. The van der Waals surface area contributed by atoms with Gasteiger partial charge < -0.3 is 4.57 Å². The molecule has 48 heavy (non-hydrogen) atoms. The van der Waals surface area contributed by atoms with Gasteiger partial charge in [0.15, 0.2) is 5.82 Å². The van der Waals surface area contributed by atoms with Crippen molar-refractivity contribution in [3.63, 3.8) is 0 Å². The van der Waals surface area contributed by atoms with Gasteiger partial charge in [-0.3, -0.25) is 0 Å². The van der Waals surface area contributed by atoms with Gasteiger partial charge >= 0.3 is 0 Å². The molecule has 0 N–H and O–H groups in total. The molecule has 0 saturated carbocycles. The summed E-state index contributed by atoms with van der Waals surface area (Å²) in [6, 6.07) is 58.2. The number of benzene rings is 7. The van der Waals surface area contributed by atoms with Crippen LogP contribution in [0.3, 0.4) is 0 Å². The second-order valence-corrected chi connectivity index (χ2v) is 13.2. The number of para-hydroxylation sites is 2. The zero-order valence-corrected chi connectivity index (χ0v) is 26.7. The zero-order chi connectivity index (χ0) is 31.6. The molecule has 3 aromatic heterocycles. The van der Waals surface area contributed by atoms with Gasteiger partial charge in [0.05, 0.1) is 22.2 Å². The maximum absolute atomic E-state index is 5.24. The molecule has 10 aromatic rings. The molecule has 0 unspecified atom stereocenters. The Morgan fingerprint density at radius 2 is 1.10 bits per heavy atom. The highest BCUT2D eigenvalue weighted by Gasteiger charge is 2.20. The topological polar surface area (TPSA) is 30.7 Å². The summed E-state index contributed by atoms with van der Waals surface area (Å²) in [6.45, 7) is 0. The van der Waals surface area contributed by atoms with Crippen LogP contribution < -0.4 is 0 Å². The Balaban J connectivity index is 1.23. The summed E-state index contributed by atoms with van der Waals surface area (Å²) in [7, 11) is 0. The van der Waals surface area contributed by atoms with E-state index in [0.717, 1.165) is 39.2 Å². The van der Waals surface area contributed by atoms with Gasteiger partial charge in [0, 0.05) is 53.1 Å². The summed E-state index contributed by atoms with van der Waals surface area (Å²) in [6.07, 6.45) is 0. The lowest BCUT2D eigenvalue weighted by Gasteiger charge is -2.10. The minimum Gasteiger partial charge on any atom is -0.309 e. The lowest BCUT2D eigenvalue weighted by atomic mass is 10.0. The molecule has 4 heteroatoms. The van der Waals surface area contributed by atoms with Gasteiger partial charge in [-0.1, -0.05) is 127 Å². The van der Waals surface area contributed by atoms with Crippen LogP contribution in [0.4, 0.5) is 0 Å². The first-order valence-electron chi connectivity index (χ1n) is 16.2. The van der Waals surface area contributed by atoms with Crippen LogP contribution in [0, 0.1) is 0 Å². The third kappa shape index (κ3) is 4.13. The average molecular weight is 630 g/mol. The number of nitrogens with zero attached hydrogens (tertiary/aromatic N) is 3. The van der Waals surface area contributed by atoms with E-state index in [1.165, 1.54) is 53.1 Å². The van der Waals surface area contributed by atoms with Crippen molar-refractivity contribution in [2.75, 3.05) is 0 Å². The van der Waals surface area contributed by atoms with Crippen LogP contribution in [0.1, 0.15) is 0 Å². The van der Waals surface area contributed by atoms with Crippen molar-refractivity contribution in [3.8, 4) is 39.5 Å². The molecule has 0 aliphatic rings. The van der Waals surface area contributed by atoms with Crippen molar-refractivity contribution >= 4 is 64.2 Å². The van der Waals surface area contributed by atoms with E-state index in [-0.39, 0.29) is 0 Å². The molecule has 224 valence electrons. The third-order valence-electron chi connectivity index (χ3n) is 9.40. The van der Waals surface area contributed by atoms with Crippen molar-refractivity contribution in [1.82, 2.24) is 14.5 Å².